The van der Waals surface area contributed by atoms with Crippen LogP contribution in [0.15, 0.2) is 17.1 Å². The summed E-state index contributed by atoms with van der Waals surface area (Å²) in [6.07, 6.45) is 0.808. The Hall–Kier alpha value is -1.10. The molecule has 1 heterocycles. The Kier molecular flexibility index (Phi) is 6.31. The first-order valence-corrected chi connectivity index (χ1v) is 4.00. The molecule has 1 aromatic rings. The summed E-state index contributed by atoms with van der Waals surface area (Å²) in [7, 11) is 0. The number of nitrogens with one attached hydrogen (secondary N) is 1. The van der Waals surface area contributed by atoms with Crippen molar-refractivity contribution in [2.45, 2.75) is 6.92 Å². The lowest BCUT2D eigenvalue weighted by Crippen LogP contribution is -2.19. The molecule has 2 N–H and O–H groups in total. The molecule has 0 aromatic carbocycles. The lowest BCUT2D eigenvalue weighted by Gasteiger charge is -1.87. The Balaban J connectivity index is 0.000000183. The highest BCUT2D eigenvalue weighted by molar-refractivity contribution is 7.07. The van der Waals surface area contributed by atoms with E-state index >= 15 is 0 Å². The van der Waals surface area contributed by atoms with E-state index in [-0.39, 0.29) is 0 Å². The summed E-state index contributed by atoms with van der Waals surface area (Å²) < 4.78 is 0. The van der Waals surface area contributed by atoms with Crippen LogP contribution in [-0.4, -0.2) is 22.7 Å². The summed E-state index contributed by atoms with van der Waals surface area (Å²) in [5.74, 6) is 0. The van der Waals surface area contributed by atoms with E-state index in [0.717, 1.165) is 0 Å². The topological polar surface area (TPSA) is 62.2 Å². The smallest absolute Gasteiger partial charge is 0.404 e. The number of thiazole rings is 1. The van der Waals surface area contributed by atoms with Crippen molar-refractivity contribution in [2.75, 3.05) is 6.54 Å². The number of carboxylic acid groups (broad SMARTS) is 1. The molecule has 0 saturated carbocycles. The number of carbonyl (C=O) groups is 1. The van der Waals surface area contributed by atoms with Crippen molar-refractivity contribution in [1.29, 1.82) is 0 Å². The fraction of sp³-hybridized carbons (Fsp3) is 0.333. The molecule has 0 atom stereocenters. The molecule has 62 valence electrons. The van der Waals surface area contributed by atoms with Gasteiger partial charge in [-0.25, -0.2) is 4.79 Å². The van der Waals surface area contributed by atoms with Crippen LogP contribution in [0.25, 0.3) is 0 Å². The Labute approximate surface area is 68.9 Å². The summed E-state index contributed by atoms with van der Waals surface area (Å²) in [6.45, 7) is 2.21. The van der Waals surface area contributed by atoms with Crippen molar-refractivity contribution in [3.05, 3.63) is 17.1 Å². The molecule has 1 aromatic heterocycles. The van der Waals surface area contributed by atoms with Crippen molar-refractivity contribution in [3.63, 3.8) is 0 Å². The van der Waals surface area contributed by atoms with Crippen molar-refractivity contribution < 1.29 is 9.90 Å². The van der Waals surface area contributed by atoms with Crippen LogP contribution >= 0.6 is 11.3 Å². The fourth-order valence-electron chi connectivity index (χ4n) is 0.327. The van der Waals surface area contributed by atoms with Crippen molar-refractivity contribution in [3.8, 4) is 0 Å². The molecular formula is C6H10N2O2S. The fourth-order valence-corrected chi connectivity index (χ4v) is 0.678. The molecule has 0 unspecified atom stereocenters. The molecule has 5 heteroatoms. The van der Waals surface area contributed by atoms with Gasteiger partial charge < -0.3 is 10.4 Å². The largest absolute Gasteiger partial charge is 0.465 e. The zero-order valence-electron chi connectivity index (χ0n) is 6.15. The number of hydrogen-bond acceptors (Lipinski definition) is 3. The van der Waals surface area contributed by atoms with Crippen molar-refractivity contribution >= 4 is 17.4 Å². The summed E-state index contributed by atoms with van der Waals surface area (Å²) in [4.78, 5) is 13.2. The highest BCUT2D eigenvalue weighted by Crippen LogP contribution is 1.85. The van der Waals surface area contributed by atoms with Gasteiger partial charge in [0.05, 0.1) is 5.51 Å². The molecule has 0 aliphatic rings. The predicted octanol–water partition coefficient (Wildman–Crippen LogP) is 1.42. The molecule has 0 radical (unpaired) electrons. The van der Waals surface area contributed by atoms with E-state index in [1.807, 2.05) is 5.38 Å². The average molecular weight is 174 g/mol. The van der Waals surface area contributed by atoms with Crippen LogP contribution in [0.5, 0.6) is 0 Å². The quantitative estimate of drug-likeness (QED) is 0.676. The summed E-state index contributed by atoms with van der Waals surface area (Å²) >= 11 is 1.60. The second-order valence-electron chi connectivity index (χ2n) is 1.51. The van der Waals surface area contributed by atoms with Gasteiger partial charge in [-0.3, -0.25) is 4.98 Å². The highest BCUT2D eigenvalue weighted by atomic mass is 32.1. The third kappa shape index (κ3) is 8.90. The van der Waals surface area contributed by atoms with E-state index in [4.69, 9.17) is 5.11 Å². The Bertz CT molecular complexity index is 159. The van der Waals surface area contributed by atoms with Gasteiger partial charge in [-0.15, -0.1) is 11.3 Å². The normalized spacial score (nSPS) is 7.73. The van der Waals surface area contributed by atoms with Gasteiger partial charge in [0.15, 0.2) is 0 Å². The standard InChI is InChI=1S/C3H7NO2.C3H3NS/c1-2-4-3(5)6;1-2-5-3-4-1/h4H,2H2,1H3,(H,5,6);1-3H. The number of rotatable bonds is 1. The minimum Gasteiger partial charge on any atom is -0.465 e. The maximum atomic E-state index is 9.49. The maximum Gasteiger partial charge on any atom is 0.404 e. The summed E-state index contributed by atoms with van der Waals surface area (Å²) in [5, 5.41) is 11.9. The van der Waals surface area contributed by atoms with Crippen LogP contribution in [0.1, 0.15) is 6.92 Å². The second kappa shape index (κ2) is 7.01. The third-order valence-electron chi connectivity index (χ3n) is 0.675. The molecule has 0 saturated heterocycles. The predicted molar refractivity (Wildman–Crippen MR) is 43.8 cm³/mol. The minimum atomic E-state index is -0.961. The number of nitrogens with zero attached hydrogens (tertiary/aromatic N) is 1. The molecule has 4 nitrogen and oxygen atoms in total. The Morgan fingerprint density at radius 2 is 2.55 bits per heavy atom. The van der Waals surface area contributed by atoms with E-state index < -0.39 is 6.09 Å². The van der Waals surface area contributed by atoms with Gasteiger partial charge in [-0.05, 0) is 6.92 Å². The lowest BCUT2D eigenvalue weighted by atomic mass is 10.8. The zero-order valence-corrected chi connectivity index (χ0v) is 6.97. The van der Waals surface area contributed by atoms with Crippen molar-refractivity contribution in [2.24, 2.45) is 0 Å². The SMILES string of the molecule is CCNC(=O)O.c1cscn1. The summed E-state index contributed by atoms with van der Waals surface area (Å²) in [6, 6.07) is 0. The molecule has 1 rings (SSSR count). The van der Waals surface area contributed by atoms with Gasteiger partial charge in [-0.1, -0.05) is 0 Å². The molecule has 0 aliphatic carbocycles. The third-order valence-corrected chi connectivity index (χ3v) is 1.20. The molecule has 11 heavy (non-hydrogen) atoms. The van der Waals surface area contributed by atoms with E-state index in [0.29, 0.717) is 6.54 Å². The number of aromatic nitrogens is 1. The monoisotopic (exact) mass is 174 g/mol. The Morgan fingerprint density at radius 3 is 2.64 bits per heavy atom. The van der Waals surface area contributed by atoms with Crippen LogP contribution < -0.4 is 5.32 Å². The molecule has 1 amide bonds. The summed E-state index contributed by atoms with van der Waals surface area (Å²) in [5.41, 5.74) is 1.79. The van der Waals surface area contributed by atoms with E-state index in [2.05, 4.69) is 10.3 Å². The Morgan fingerprint density at radius 1 is 1.82 bits per heavy atom. The minimum absolute atomic E-state index is 0.481. The molecule has 0 fully saturated rings. The average Bonchev–Trinajstić information content (AvgIpc) is 2.41. The zero-order chi connectivity index (χ0) is 8.53. The van der Waals surface area contributed by atoms with Crippen LogP contribution in [0, 0.1) is 0 Å². The van der Waals surface area contributed by atoms with Gasteiger partial charge in [0.25, 0.3) is 0 Å². The van der Waals surface area contributed by atoms with Crippen molar-refractivity contribution in [1.82, 2.24) is 10.3 Å². The van der Waals surface area contributed by atoms with E-state index in [1.54, 1.807) is 30.0 Å². The molecule has 0 spiro atoms. The second-order valence-corrected chi connectivity index (χ2v) is 2.27. The first-order valence-electron chi connectivity index (χ1n) is 3.06. The maximum absolute atomic E-state index is 9.49. The number of amides is 1. The van der Waals surface area contributed by atoms with Crippen LogP contribution in [0.2, 0.25) is 0 Å². The first kappa shape index (κ1) is 9.90. The van der Waals surface area contributed by atoms with Crippen LogP contribution in [0.4, 0.5) is 4.79 Å². The van der Waals surface area contributed by atoms with Gasteiger partial charge in [0.2, 0.25) is 0 Å². The van der Waals surface area contributed by atoms with Crippen LogP contribution in [-0.2, 0) is 0 Å². The molecule has 0 bridgehead atoms. The van der Waals surface area contributed by atoms with Gasteiger partial charge in [0.1, 0.15) is 0 Å². The number of hydrogen-bond donors (Lipinski definition) is 2. The van der Waals surface area contributed by atoms with Gasteiger partial charge >= 0.3 is 6.09 Å². The van der Waals surface area contributed by atoms with Gasteiger partial charge in [-0.2, -0.15) is 0 Å². The van der Waals surface area contributed by atoms with E-state index in [1.165, 1.54) is 0 Å². The van der Waals surface area contributed by atoms with Crippen LogP contribution in [0.3, 0.4) is 0 Å². The molecular weight excluding hydrogens is 164 g/mol. The molecule has 0 aliphatic heterocycles. The van der Waals surface area contributed by atoms with Gasteiger partial charge in [0, 0.05) is 18.1 Å². The van der Waals surface area contributed by atoms with E-state index in [9.17, 15) is 4.79 Å². The first-order chi connectivity index (χ1) is 5.27. The lowest BCUT2D eigenvalue weighted by molar-refractivity contribution is 0.195. The highest BCUT2D eigenvalue weighted by Gasteiger charge is 1.82.